The van der Waals surface area contributed by atoms with Gasteiger partial charge in [-0.25, -0.2) is 0 Å². The first-order valence-electron chi connectivity index (χ1n) is 7.27. The molecule has 1 fully saturated rings. The van der Waals surface area contributed by atoms with Crippen molar-refractivity contribution in [2.24, 2.45) is 5.41 Å². The van der Waals surface area contributed by atoms with Gasteiger partial charge in [0.25, 0.3) is 0 Å². The average Bonchev–Trinajstić information content (AvgIpc) is 2.45. The summed E-state index contributed by atoms with van der Waals surface area (Å²) in [7, 11) is 0. The Hall–Kier alpha value is -2.16. The maximum atomic E-state index is 12.8. The van der Waals surface area contributed by atoms with Crippen LogP contribution in [0.4, 0.5) is 0 Å². The molecule has 3 nitrogen and oxygen atoms in total. The van der Waals surface area contributed by atoms with Crippen LogP contribution >= 0.6 is 0 Å². The van der Waals surface area contributed by atoms with Crippen molar-refractivity contribution >= 4 is 17.6 Å². The third kappa shape index (κ3) is 2.44. The summed E-state index contributed by atoms with van der Waals surface area (Å²) >= 11 is 0. The first-order valence-corrected chi connectivity index (χ1v) is 7.27. The van der Waals surface area contributed by atoms with Crippen LogP contribution in [0.2, 0.25) is 0 Å². The number of rotatable bonds is 1. The lowest BCUT2D eigenvalue weighted by Gasteiger charge is -2.38. The van der Waals surface area contributed by atoms with Crippen LogP contribution in [0.3, 0.4) is 0 Å². The number of allylic oxidation sites excluding steroid dienone is 3. The van der Waals surface area contributed by atoms with Crippen LogP contribution in [-0.2, 0) is 9.59 Å². The zero-order valence-electron chi connectivity index (χ0n) is 12.1. The Morgan fingerprint density at radius 3 is 2.76 bits per heavy atom. The average molecular weight is 282 g/mol. The maximum Gasteiger partial charge on any atom is 0.168 e. The van der Waals surface area contributed by atoms with Crippen molar-refractivity contribution < 1.29 is 14.7 Å². The second-order valence-corrected chi connectivity index (χ2v) is 6.06. The second kappa shape index (κ2) is 4.99. The van der Waals surface area contributed by atoms with Crippen molar-refractivity contribution in [2.45, 2.75) is 32.6 Å². The molecule has 21 heavy (non-hydrogen) atoms. The van der Waals surface area contributed by atoms with Crippen LogP contribution in [0.1, 0.15) is 38.2 Å². The van der Waals surface area contributed by atoms with Crippen LogP contribution in [0.25, 0.3) is 6.08 Å². The number of hydrogen-bond donors (Lipinski definition) is 1. The van der Waals surface area contributed by atoms with Crippen molar-refractivity contribution in [3.63, 3.8) is 0 Å². The molecule has 0 radical (unpaired) electrons. The maximum absolute atomic E-state index is 12.8. The standard InChI is InChI=1S/C18H18O3/c1-18-8-7-16(20)11-14(18)6-5-13(17(18)21)9-12-3-2-4-15(19)10-12/h2-4,9-11,19H,5-8H2,1H3/b13-9-. The minimum absolute atomic E-state index is 0.121. The number of hydrogen-bond acceptors (Lipinski definition) is 3. The third-order valence-electron chi connectivity index (χ3n) is 4.58. The van der Waals surface area contributed by atoms with E-state index in [0.717, 1.165) is 23.1 Å². The molecule has 3 heteroatoms. The summed E-state index contributed by atoms with van der Waals surface area (Å²) in [6, 6.07) is 6.90. The molecule has 3 rings (SSSR count). The van der Waals surface area contributed by atoms with Gasteiger partial charge in [-0.2, -0.15) is 0 Å². The number of phenolic OH excluding ortho intramolecular Hbond substituents is 1. The number of carbonyl (C=O) groups excluding carboxylic acids is 2. The fraction of sp³-hybridized carbons (Fsp3) is 0.333. The third-order valence-corrected chi connectivity index (χ3v) is 4.58. The number of fused-ring (bicyclic) bond motifs is 1. The summed E-state index contributed by atoms with van der Waals surface area (Å²) in [5.74, 6) is 0.453. The lowest BCUT2D eigenvalue weighted by Crippen LogP contribution is -2.38. The van der Waals surface area contributed by atoms with Crippen LogP contribution in [0, 0.1) is 5.41 Å². The van der Waals surface area contributed by atoms with Gasteiger partial charge < -0.3 is 5.11 Å². The molecule has 2 aliphatic rings. The van der Waals surface area contributed by atoms with Gasteiger partial charge in [-0.05, 0) is 61.6 Å². The van der Waals surface area contributed by atoms with Gasteiger partial charge in [0.15, 0.2) is 11.6 Å². The highest BCUT2D eigenvalue weighted by Crippen LogP contribution is 2.46. The predicted molar refractivity (Wildman–Crippen MR) is 80.8 cm³/mol. The van der Waals surface area contributed by atoms with Crippen molar-refractivity contribution in [2.75, 3.05) is 0 Å². The van der Waals surface area contributed by atoms with E-state index in [-0.39, 0.29) is 17.3 Å². The normalized spacial score (nSPS) is 27.5. The Morgan fingerprint density at radius 2 is 2.00 bits per heavy atom. The summed E-state index contributed by atoms with van der Waals surface area (Å²) < 4.78 is 0. The predicted octanol–water partition coefficient (Wildman–Crippen LogP) is 3.43. The smallest absolute Gasteiger partial charge is 0.168 e. The number of Topliss-reactive ketones (excluding diaryl/α,β-unsaturated/α-hetero) is 1. The molecule has 0 bridgehead atoms. The van der Waals surface area contributed by atoms with E-state index in [1.165, 1.54) is 0 Å². The molecule has 2 aliphatic carbocycles. The summed E-state index contributed by atoms with van der Waals surface area (Å²) in [5, 5.41) is 9.51. The van der Waals surface area contributed by atoms with E-state index < -0.39 is 5.41 Å². The molecule has 0 heterocycles. The minimum Gasteiger partial charge on any atom is -0.508 e. The van der Waals surface area contributed by atoms with Gasteiger partial charge in [0.05, 0.1) is 5.41 Å². The topological polar surface area (TPSA) is 54.4 Å². The molecule has 1 saturated carbocycles. The highest BCUT2D eigenvalue weighted by molar-refractivity contribution is 6.08. The molecular formula is C18H18O3. The molecule has 1 aromatic rings. The summed E-state index contributed by atoms with van der Waals surface area (Å²) in [6.45, 7) is 1.95. The molecule has 1 N–H and O–H groups in total. The fourth-order valence-corrected chi connectivity index (χ4v) is 3.26. The second-order valence-electron chi connectivity index (χ2n) is 6.06. The monoisotopic (exact) mass is 282 g/mol. The molecule has 1 unspecified atom stereocenters. The zero-order chi connectivity index (χ0) is 15.0. The first-order chi connectivity index (χ1) is 9.99. The Labute approximate surface area is 124 Å². The molecule has 1 atom stereocenters. The molecule has 0 aromatic heterocycles. The SMILES string of the molecule is CC12CCC(=O)C=C1CC/C(=C/c1cccc(O)c1)C2=O. The van der Waals surface area contributed by atoms with E-state index in [1.807, 2.05) is 19.1 Å². The van der Waals surface area contributed by atoms with E-state index in [2.05, 4.69) is 0 Å². The fourth-order valence-electron chi connectivity index (χ4n) is 3.26. The molecule has 0 aliphatic heterocycles. The van der Waals surface area contributed by atoms with Crippen molar-refractivity contribution in [1.82, 2.24) is 0 Å². The van der Waals surface area contributed by atoms with Gasteiger partial charge in [0.2, 0.25) is 0 Å². The summed E-state index contributed by atoms with van der Waals surface area (Å²) in [5.41, 5.74) is 2.09. The van der Waals surface area contributed by atoms with Gasteiger partial charge in [-0.15, -0.1) is 0 Å². The van der Waals surface area contributed by atoms with E-state index in [0.29, 0.717) is 19.3 Å². The lowest BCUT2D eigenvalue weighted by molar-refractivity contribution is -0.125. The van der Waals surface area contributed by atoms with E-state index >= 15 is 0 Å². The number of phenols is 1. The van der Waals surface area contributed by atoms with Gasteiger partial charge in [-0.3, -0.25) is 9.59 Å². The van der Waals surface area contributed by atoms with Crippen LogP contribution in [0.15, 0.2) is 41.5 Å². The van der Waals surface area contributed by atoms with Crippen molar-refractivity contribution in [3.8, 4) is 5.75 Å². The molecule has 1 aromatic carbocycles. The van der Waals surface area contributed by atoms with Crippen LogP contribution in [-0.4, -0.2) is 16.7 Å². The quantitative estimate of drug-likeness (QED) is 0.803. The lowest BCUT2D eigenvalue weighted by atomic mass is 9.63. The van der Waals surface area contributed by atoms with Gasteiger partial charge >= 0.3 is 0 Å². The molecule has 0 amide bonds. The van der Waals surface area contributed by atoms with Gasteiger partial charge in [-0.1, -0.05) is 17.7 Å². The van der Waals surface area contributed by atoms with Crippen molar-refractivity contribution in [1.29, 1.82) is 0 Å². The summed E-state index contributed by atoms with van der Waals surface area (Å²) in [4.78, 5) is 24.3. The molecule has 0 saturated heterocycles. The Kier molecular flexibility index (Phi) is 3.28. The van der Waals surface area contributed by atoms with E-state index in [9.17, 15) is 14.7 Å². The Balaban J connectivity index is 1.96. The Bertz CT molecular complexity index is 681. The number of carbonyl (C=O) groups is 2. The Morgan fingerprint density at radius 1 is 1.19 bits per heavy atom. The number of aromatic hydroxyl groups is 1. The highest BCUT2D eigenvalue weighted by atomic mass is 16.3. The largest absolute Gasteiger partial charge is 0.508 e. The molecule has 108 valence electrons. The van der Waals surface area contributed by atoms with Crippen molar-refractivity contribution in [3.05, 3.63) is 47.1 Å². The van der Waals surface area contributed by atoms with Gasteiger partial charge in [0, 0.05) is 6.42 Å². The van der Waals surface area contributed by atoms with Crippen LogP contribution in [0.5, 0.6) is 5.75 Å². The molecule has 0 spiro atoms. The summed E-state index contributed by atoms with van der Waals surface area (Å²) in [6.07, 6.45) is 6.01. The zero-order valence-corrected chi connectivity index (χ0v) is 12.1. The minimum atomic E-state index is -0.519. The van der Waals surface area contributed by atoms with Gasteiger partial charge in [0.1, 0.15) is 5.75 Å². The highest BCUT2D eigenvalue weighted by Gasteiger charge is 2.43. The van der Waals surface area contributed by atoms with E-state index in [1.54, 1.807) is 24.3 Å². The van der Waals surface area contributed by atoms with Crippen LogP contribution < -0.4 is 0 Å². The first kappa shape index (κ1) is 13.8. The number of benzene rings is 1. The molecular weight excluding hydrogens is 264 g/mol. The van der Waals surface area contributed by atoms with E-state index in [4.69, 9.17) is 0 Å². The number of ketones is 2.